The summed E-state index contributed by atoms with van der Waals surface area (Å²) >= 11 is 3.48. The Morgan fingerprint density at radius 3 is 2.58 bits per heavy atom. The van der Waals surface area contributed by atoms with Gasteiger partial charge in [0.2, 0.25) is 0 Å². The van der Waals surface area contributed by atoms with Crippen LogP contribution in [0.3, 0.4) is 0 Å². The first kappa shape index (κ1) is 14.0. The second-order valence-electron chi connectivity index (χ2n) is 4.05. The minimum absolute atomic E-state index is 0.709. The zero-order valence-electron chi connectivity index (χ0n) is 10.9. The van der Waals surface area contributed by atoms with Crippen LogP contribution in [0, 0.1) is 0 Å². The monoisotopic (exact) mass is 325 g/mol. The predicted octanol–water partition coefficient (Wildman–Crippen LogP) is 3.35. The van der Waals surface area contributed by atoms with Crippen LogP contribution >= 0.6 is 15.9 Å². The second kappa shape index (κ2) is 6.63. The molecule has 0 atom stereocenters. The lowest BCUT2D eigenvalue weighted by Gasteiger charge is -2.12. The van der Waals surface area contributed by atoms with Crippen LogP contribution in [0.15, 0.2) is 39.6 Å². The Bertz CT molecular complexity index is 526. The predicted molar refractivity (Wildman–Crippen MR) is 76.5 cm³/mol. The summed E-state index contributed by atoms with van der Waals surface area (Å²) < 4.78 is 16.5. The first-order valence-electron chi connectivity index (χ1n) is 5.86. The molecule has 0 fully saturated rings. The molecule has 1 aromatic carbocycles. The smallest absolute Gasteiger partial charge is 0.174 e. The molecule has 0 unspecified atom stereocenters. The van der Waals surface area contributed by atoms with E-state index in [4.69, 9.17) is 13.9 Å². The fourth-order valence-corrected chi connectivity index (χ4v) is 2.47. The molecule has 2 aromatic rings. The van der Waals surface area contributed by atoms with Crippen molar-refractivity contribution in [1.82, 2.24) is 5.32 Å². The fraction of sp³-hybridized carbons (Fsp3) is 0.286. The number of nitrogens with one attached hydrogen (secondary N) is 1. The van der Waals surface area contributed by atoms with Gasteiger partial charge in [0, 0.05) is 18.7 Å². The third kappa shape index (κ3) is 3.52. The summed E-state index contributed by atoms with van der Waals surface area (Å²) in [4.78, 5) is 0. The van der Waals surface area contributed by atoms with Crippen molar-refractivity contribution in [2.24, 2.45) is 0 Å². The Hall–Kier alpha value is -1.46. The Balaban J connectivity index is 2.02. The van der Waals surface area contributed by atoms with Crippen molar-refractivity contribution < 1.29 is 13.9 Å². The second-order valence-corrected chi connectivity index (χ2v) is 4.90. The van der Waals surface area contributed by atoms with Crippen molar-refractivity contribution in [3.63, 3.8) is 0 Å². The van der Waals surface area contributed by atoms with E-state index in [1.807, 2.05) is 18.2 Å². The van der Waals surface area contributed by atoms with Crippen LogP contribution in [0.5, 0.6) is 11.5 Å². The third-order valence-electron chi connectivity index (χ3n) is 2.73. The minimum Gasteiger partial charge on any atom is -0.493 e. The highest BCUT2D eigenvalue weighted by Gasteiger charge is 2.10. The number of benzene rings is 1. The molecule has 102 valence electrons. The number of rotatable bonds is 6. The zero-order valence-corrected chi connectivity index (χ0v) is 12.5. The molecule has 0 saturated carbocycles. The van der Waals surface area contributed by atoms with Gasteiger partial charge < -0.3 is 19.2 Å². The largest absolute Gasteiger partial charge is 0.493 e. The maximum Gasteiger partial charge on any atom is 0.174 e. The highest BCUT2D eigenvalue weighted by atomic mass is 79.9. The van der Waals surface area contributed by atoms with Gasteiger partial charge in [-0.2, -0.15) is 0 Å². The first-order chi connectivity index (χ1) is 9.24. The molecule has 1 heterocycles. The molecule has 1 aromatic heterocycles. The van der Waals surface area contributed by atoms with Crippen LogP contribution in [-0.2, 0) is 13.1 Å². The molecule has 0 radical (unpaired) electrons. The van der Waals surface area contributed by atoms with Gasteiger partial charge in [0.15, 0.2) is 11.5 Å². The molecule has 5 heteroatoms. The fourth-order valence-electron chi connectivity index (χ4n) is 1.82. The van der Waals surface area contributed by atoms with Crippen molar-refractivity contribution in [1.29, 1.82) is 0 Å². The highest BCUT2D eigenvalue weighted by Crippen LogP contribution is 2.36. The van der Waals surface area contributed by atoms with Gasteiger partial charge in [-0.3, -0.25) is 0 Å². The van der Waals surface area contributed by atoms with Crippen molar-refractivity contribution in [2.45, 2.75) is 13.1 Å². The average molecular weight is 326 g/mol. The Morgan fingerprint density at radius 1 is 1.16 bits per heavy atom. The number of hydrogen-bond acceptors (Lipinski definition) is 4. The number of halogens is 1. The number of ether oxygens (including phenoxy) is 2. The maximum absolute atomic E-state index is 5.31. The van der Waals surface area contributed by atoms with Gasteiger partial charge >= 0.3 is 0 Å². The van der Waals surface area contributed by atoms with E-state index < -0.39 is 0 Å². The molecule has 0 saturated heterocycles. The van der Waals surface area contributed by atoms with E-state index in [1.165, 1.54) is 0 Å². The zero-order chi connectivity index (χ0) is 13.7. The van der Waals surface area contributed by atoms with E-state index in [0.717, 1.165) is 34.4 Å². The summed E-state index contributed by atoms with van der Waals surface area (Å²) in [6, 6.07) is 5.92. The maximum atomic E-state index is 5.31. The normalized spacial score (nSPS) is 10.5. The molecule has 2 rings (SSSR count). The lowest BCUT2D eigenvalue weighted by molar-refractivity contribution is 0.352. The van der Waals surface area contributed by atoms with Crippen molar-refractivity contribution >= 4 is 15.9 Å². The average Bonchev–Trinajstić information content (AvgIpc) is 2.91. The summed E-state index contributed by atoms with van der Waals surface area (Å²) in [5.41, 5.74) is 2.24. The van der Waals surface area contributed by atoms with Gasteiger partial charge in [-0.15, -0.1) is 0 Å². The Kier molecular flexibility index (Phi) is 4.87. The molecule has 1 N–H and O–H groups in total. The number of hydrogen-bond donors (Lipinski definition) is 1. The summed E-state index contributed by atoms with van der Waals surface area (Å²) in [5.74, 6) is 1.43. The third-order valence-corrected chi connectivity index (χ3v) is 3.32. The topological polar surface area (TPSA) is 43.6 Å². The molecule has 0 amide bonds. The van der Waals surface area contributed by atoms with Crippen LogP contribution in [0.1, 0.15) is 11.1 Å². The Labute approximate surface area is 120 Å². The quantitative estimate of drug-likeness (QED) is 0.884. The molecule has 0 spiro atoms. The van der Waals surface area contributed by atoms with E-state index in [1.54, 1.807) is 26.7 Å². The van der Waals surface area contributed by atoms with Gasteiger partial charge in [-0.05, 0) is 39.7 Å². The Morgan fingerprint density at radius 2 is 1.95 bits per heavy atom. The van der Waals surface area contributed by atoms with E-state index in [9.17, 15) is 0 Å². The summed E-state index contributed by atoms with van der Waals surface area (Å²) in [6.07, 6.45) is 3.40. The van der Waals surface area contributed by atoms with Crippen LogP contribution < -0.4 is 14.8 Å². The molecule has 4 nitrogen and oxygen atoms in total. The highest BCUT2D eigenvalue weighted by molar-refractivity contribution is 9.10. The molecule has 0 aliphatic carbocycles. The van der Waals surface area contributed by atoms with Crippen molar-refractivity contribution in [3.05, 3.63) is 46.3 Å². The van der Waals surface area contributed by atoms with Crippen molar-refractivity contribution in [2.75, 3.05) is 14.2 Å². The molecule has 0 aliphatic rings. The van der Waals surface area contributed by atoms with Gasteiger partial charge in [-0.1, -0.05) is 0 Å². The van der Waals surface area contributed by atoms with Crippen LogP contribution in [0.4, 0.5) is 0 Å². The lowest BCUT2D eigenvalue weighted by Crippen LogP contribution is -2.12. The summed E-state index contributed by atoms with van der Waals surface area (Å²) in [6.45, 7) is 1.51. The lowest BCUT2D eigenvalue weighted by atomic mass is 10.2. The molecular formula is C14H16BrNO3. The first-order valence-corrected chi connectivity index (χ1v) is 6.66. The van der Waals surface area contributed by atoms with E-state index >= 15 is 0 Å². The molecular weight excluding hydrogens is 310 g/mol. The van der Waals surface area contributed by atoms with Crippen LogP contribution in [0.25, 0.3) is 0 Å². The molecule has 19 heavy (non-hydrogen) atoms. The standard InChI is InChI=1S/C14H16BrNO3/c1-17-13-6-11(5-12(15)14(13)18-2)8-16-7-10-3-4-19-9-10/h3-6,9,16H,7-8H2,1-2H3. The molecule has 0 bridgehead atoms. The number of methoxy groups -OCH3 is 2. The van der Waals surface area contributed by atoms with E-state index in [2.05, 4.69) is 21.2 Å². The van der Waals surface area contributed by atoms with E-state index in [0.29, 0.717) is 5.75 Å². The SMILES string of the molecule is COc1cc(CNCc2ccoc2)cc(Br)c1OC. The van der Waals surface area contributed by atoms with Gasteiger partial charge in [0.25, 0.3) is 0 Å². The van der Waals surface area contributed by atoms with E-state index in [-0.39, 0.29) is 0 Å². The van der Waals surface area contributed by atoms with Crippen molar-refractivity contribution in [3.8, 4) is 11.5 Å². The van der Waals surface area contributed by atoms with Gasteiger partial charge in [0.05, 0.1) is 31.2 Å². The van der Waals surface area contributed by atoms with Crippen LogP contribution in [-0.4, -0.2) is 14.2 Å². The van der Waals surface area contributed by atoms with Gasteiger partial charge in [-0.25, -0.2) is 0 Å². The van der Waals surface area contributed by atoms with Gasteiger partial charge in [0.1, 0.15) is 0 Å². The minimum atomic E-state index is 0.709. The summed E-state index contributed by atoms with van der Waals surface area (Å²) in [5, 5.41) is 3.34. The molecule has 0 aliphatic heterocycles. The van der Waals surface area contributed by atoms with Crippen LogP contribution in [0.2, 0.25) is 0 Å². The number of furan rings is 1. The summed E-state index contributed by atoms with van der Waals surface area (Å²) in [7, 11) is 3.26.